The summed E-state index contributed by atoms with van der Waals surface area (Å²) in [4.78, 5) is 32.0. The van der Waals surface area contributed by atoms with Crippen molar-refractivity contribution in [2.75, 3.05) is 38.0 Å². The lowest BCUT2D eigenvalue weighted by Gasteiger charge is -2.19. The second kappa shape index (κ2) is 7.39. The smallest absolute Gasteiger partial charge is 0.325 e. The number of imide groups is 1. The third kappa shape index (κ3) is 4.28. The fourth-order valence-corrected chi connectivity index (χ4v) is 3.47. The van der Waals surface area contributed by atoms with Crippen molar-refractivity contribution in [3.63, 3.8) is 0 Å². The lowest BCUT2D eigenvalue weighted by molar-refractivity contribution is -0.130. The highest BCUT2D eigenvalue weighted by molar-refractivity contribution is 6.06. The van der Waals surface area contributed by atoms with Gasteiger partial charge in [0.1, 0.15) is 11.4 Å². The van der Waals surface area contributed by atoms with Crippen LogP contribution in [0.15, 0.2) is 24.4 Å². The standard InChI is InChI=1S/C18H27N5O2/c1-18(2)16(24)23(17(25)21-18)10-5-9-22-11-7-14(13-22)12-20-15-6-3-4-8-19-15/h3-4,6,8,14H,5,7,9-13H2,1-2H3,(H,19,20)(H,21,25)/t14-/m0/s1. The molecule has 1 aromatic heterocycles. The fraction of sp³-hybridized carbons (Fsp3) is 0.611. The molecule has 2 fully saturated rings. The number of aromatic nitrogens is 1. The number of urea groups is 1. The third-order valence-electron chi connectivity index (χ3n) is 4.91. The van der Waals surface area contributed by atoms with E-state index < -0.39 is 5.54 Å². The van der Waals surface area contributed by atoms with Crippen LogP contribution in [0, 0.1) is 5.92 Å². The molecule has 0 radical (unpaired) electrons. The van der Waals surface area contributed by atoms with E-state index in [0.717, 1.165) is 44.8 Å². The second-order valence-electron chi connectivity index (χ2n) is 7.42. The molecule has 1 aromatic rings. The number of carbonyl (C=O) groups is 2. The molecule has 7 nitrogen and oxygen atoms in total. The summed E-state index contributed by atoms with van der Waals surface area (Å²) in [7, 11) is 0. The van der Waals surface area contributed by atoms with Crippen molar-refractivity contribution in [1.82, 2.24) is 20.1 Å². The zero-order chi connectivity index (χ0) is 17.9. The van der Waals surface area contributed by atoms with Crippen LogP contribution in [0.25, 0.3) is 0 Å². The topological polar surface area (TPSA) is 77.6 Å². The van der Waals surface area contributed by atoms with Crippen LogP contribution in [0.4, 0.5) is 10.6 Å². The molecule has 3 rings (SSSR count). The van der Waals surface area contributed by atoms with Gasteiger partial charge in [-0.1, -0.05) is 6.07 Å². The van der Waals surface area contributed by atoms with Gasteiger partial charge in [0, 0.05) is 25.8 Å². The molecule has 0 bridgehead atoms. The van der Waals surface area contributed by atoms with Gasteiger partial charge in [0.15, 0.2) is 0 Å². The fourth-order valence-electron chi connectivity index (χ4n) is 3.47. The minimum Gasteiger partial charge on any atom is -0.370 e. The van der Waals surface area contributed by atoms with Crippen molar-refractivity contribution in [3.05, 3.63) is 24.4 Å². The van der Waals surface area contributed by atoms with Gasteiger partial charge in [-0.15, -0.1) is 0 Å². The zero-order valence-electron chi connectivity index (χ0n) is 15.0. The molecule has 0 unspecified atom stereocenters. The minimum atomic E-state index is -0.771. The zero-order valence-corrected chi connectivity index (χ0v) is 15.0. The first-order valence-electron chi connectivity index (χ1n) is 8.97. The van der Waals surface area contributed by atoms with Gasteiger partial charge in [-0.05, 0) is 57.8 Å². The average Bonchev–Trinajstić information content (AvgIpc) is 3.11. The van der Waals surface area contributed by atoms with E-state index in [1.807, 2.05) is 18.2 Å². The van der Waals surface area contributed by atoms with Gasteiger partial charge in [-0.25, -0.2) is 9.78 Å². The van der Waals surface area contributed by atoms with Crippen molar-refractivity contribution in [3.8, 4) is 0 Å². The van der Waals surface area contributed by atoms with Gasteiger partial charge in [-0.3, -0.25) is 9.69 Å². The number of anilines is 1. The van der Waals surface area contributed by atoms with E-state index in [2.05, 4.69) is 20.5 Å². The molecule has 3 amide bonds. The Hall–Kier alpha value is -2.15. The molecule has 2 N–H and O–H groups in total. The Morgan fingerprint density at radius 2 is 2.16 bits per heavy atom. The van der Waals surface area contributed by atoms with E-state index in [-0.39, 0.29) is 11.9 Å². The molecular formula is C18H27N5O2. The number of nitrogens with zero attached hydrogens (tertiary/aromatic N) is 3. The van der Waals surface area contributed by atoms with Crippen LogP contribution in [-0.4, -0.2) is 65.0 Å². The van der Waals surface area contributed by atoms with E-state index in [1.54, 1.807) is 20.0 Å². The summed E-state index contributed by atoms with van der Waals surface area (Å²) >= 11 is 0. The summed E-state index contributed by atoms with van der Waals surface area (Å²) in [6, 6.07) is 5.60. The molecule has 2 aliphatic rings. The first kappa shape index (κ1) is 17.7. The van der Waals surface area contributed by atoms with Crippen molar-refractivity contribution in [2.45, 2.75) is 32.2 Å². The molecule has 0 spiro atoms. The van der Waals surface area contributed by atoms with Gasteiger partial charge < -0.3 is 15.5 Å². The maximum Gasteiger partial charge on any atom is 0.325 e. The Bertz CT molecular complexity index is 619. The highest BCUT2D eigenvalue weighted by atomic mass is 16.2. The van der Waals surface area contributed by atoms with E-state index >= 15 is 0 Å². The Morgan fingerprint density at radius 3 is 2.84 bits per heavy atom. The van der Waals surface area contributed by atoms with E-state index in [9.17, 15) is 9.59 Å². The van der Waals surface area contributed by atoms with E-state index in [0.29, 0.717) is 12.5 Å². The number of carbonyl (C=O) groups excluding carboxylic acids is 2. The van der Waals surface area contributed by atoms with Crippen molar-refractivity contribution in [2.24, 2.45) is 5.92 Å². The summed E-state index contributed by atoms with van der Waals surface area (Å²) in [6.45, 7) is 7.93. The Labute approximate surface area is 148 Å². The molecule has 1 atom stereocenters. The molecule has 0 aromatic carbocycles. The van der Waals surface area contributed by atoms with E-state index in [4.69, 9.17) is 0 Å². The van der Waals surface area contributed by atoms with Crippen molar-refractivity contribution in [1.29, 1.82) is 0 Å². The summed E-state index contributed by atoms with van der Waals surface area (Å²) in [6.07, 6.45) is 3.77. The number of likely N-dealkylation sites (tertiary alicyclic amines) is 1. The second-order valence-corrected chi connectivity index (χ2v) is 7.42. The molecule has 2 saturated heterocycles. The minimum absolute atomic E-state index is 0.128. The SMILES string of the molecule is CC1(C)NC(=O)N(CCCN2CC[C@@H](CNc3ccccn3)C2)C1=O. The van der Waals surface area contributed by atoms with Crippen molar-refractivity contribution < 1.29 is 9.59 Å². The van der Waals surface area contributed by atoms with Gasteiger partial charge >= 0.3 is 6.03 Å². The Balaban J connectivity index is 1.36. The summed E-state index contributed by atoms with van der Waals surface area (Å²) < 4.78 is 0. The molecule has 3 heterocycles. The van der Waals surface area contributed by atoms with E-state index in [1.165, 1.54) is 4.90 Å². The van der Waals surface area contributed by atoms with Gasteiger partial charge in [0.05, 0.1) is 0 Å². The predicted octanol–water partition coefficient (Wildman–Crippen LogP) is 1.54. The Morgan fingerprint density at radius 1 is 1.32 bits per heavy atom. The molecular weight excluding hydrogens is 318 g/mol. The lowest BCUT2D eigenvalue weighted by Crippen LogP contribution is -2.40. The number of rotatable bonds is 7. The largest absolute Gasteiger partial charge is 0.370 e. The summed E-state index contributed by atoms with van der Waals surface area (Å²) in [5, 5.41) is 6.11. The van der Waals surface area contributed by atoms with Crippen LogP contribution >= 0.6 is 0 Å². The number of hydrogen-bond acceptors (Lipinski definition) is 5. The molecule has 0 aliphatic carbocycles. The molecule has 7 heteroatoms. The van der Waals surface area contributed by atoms with Crippen LogP contribution in [-0.2, 0) is 4.79 Å². The summed E-state index contributed by atoms with van der Waals surface area (Å²) in [5.41, 5.74) is -0.771. The predicted molar refractivity (Wildman–Crippen MR) is 96.2 cm³/mol. The number of amides is 3. The first-order chi connectivity index (χ1) is 12.0. The Kier molecular flexibility index (Phi) is 5.22. The molecule has 25 heavy (non-hydrogen) atoms. The maximum atomic E-state index is 12.2. The molecule has 0 saturated carbocycles. The molecule has 136 valence electrons. The first-order valence-corrected chi connectivity index (χ1v) is 8.97. The number of nitrogens with one attached hydrogen (secondary N) is 2. The van der Waals surface area contributed by atoms with Crippen LogP contribution in [0.3, 0.4) is 0 Å². The maximum absolute atomic E-state index is 12.2. The van der Waals surface area contributed by atoms with Gasteiger partial charge in [-0.2, -0.15) is 0 Å². The average molecular weight is 345 g/mol. The quantitative estimate of drug-likeness (QED) is 0.733. The van der Waals surface area contributed by atoms with Crippen LogP contribution in [0.1, 0.15) is 26.7 Å². The highest BCUT2D eigenvalue weighted by Crippen LogP contribution is 2.19. The third-order valence-corrected chi connectivity index (χ3v) is 4.91. The normalized spacial score (nSPS) is 23.1. The van der Waals surface area contributed by atoms with Crippen LogP contribution < -0.4 is 10.6 Å². The monoisotopic (exact) mass is 345 g/mol. The number of hydrogen-bond donors (Lipinski definition) is 2. The summed E-state index contributed by atoms with van der Waals surface area (Å²) in [5.74, 6) is 1.40. The van der Waals surface area contributed by atoms with Gasteiger partial charge in [0.25, 0.3) is 5.91 Å². The van der Waals surface area contributed by atoms with Crippen LogP contribution in [0.2, 0.25) is 0 Å². The number of pyridine rings is 1. The highest BCUT2D eigenvalue weighted by Gasteiger charge is 2.43. The lowest BCUT2D eigenvalue weighted by atomic mass is 10.1. The molecule has 2 aliphatic heterocycles. The van der Waals surface area contributed by atoms with Gasteiger partial charge in [0.2, 0.25) is 0 Å². The van der Waals surface area contributed by atoms with Crippen molar-refractivity contribution >= 4 is 17.8 Å². The van der Waals surface area contributed by atoms with Crippen LogP contribution in [0.5, 0.6) is 0 Å².